The summed E-state index contributed by atoms with van der Waals surface area (Å²) in [5.41, 5.74) is 7.34. The maximum Gasteiger partial charge on any atom is 0.251 e. The first-order valence-electron chi connectivity index (χ1n) is 7.53. The Morgan fingerprint density at radius 1 is 1.35 bits per heavy atom. The van der Waals surface area contributed by atoms with Crippen molar-refractivity contribution in [3.63, 3.8) is 0 Å². The summed E-state index contributed by atoms with van der Waals surface area (Å²) in [6, 6.07) is 9.20. The van der Waals surface area contributed by atoms with Crippen LogP contribution in [0, 0.1) is 0 Å². The van der Waals surface area contributed by atoms with Gasteiger partial charge < -0.3 is 11.1 Å². The minimum Gasteiger partial charge on any atom is -0.348 e. The van der Waals surface area contributed by atoms with Crippen molar-refractivity contribution < 1.29 is 4.79 Å². The topological polar surface area (TPSA) is 58.4 Å². The first-order chi connectivity index (χ1) is 9.67. The van der Waals surface area contributed by atoms with E-state index in [4.69, 9.17) is 5.73 Å². The van der Waals surface area contributed by atoms with Crippen LogP contribution in [0.5, 0.6) is 0 Å². The summed E-state index contributed by atoms with van der Waals surface area (Å²) in [6.45, 7) is 3.78. The summed E-state index contributed by atoms with van der Waals surface area (Å²) in [7, 11) is 0. The van der Waals surface area contributed by atoms with Crippen LogP contribution < -0.4 is 11.1 Å². The molecule has 2 fully saturated rings. The van der Waals surface area contributed by atoms with Gasteiger partial charge in [-0.3, -0.25) is 9.69 Å². The Labute approximate surface area is 120 Å². The number of likely N-dealkylation sites (tertiary alicyclic amines) is 1. The van der Waals surface area contributed by atoms with Gasteiger partial charge in [0.15, 0.2) is 0 Å². The number of nitrogens with two attached hydrogens (primary N) is 1. The number of benzene rings is 1. The van der Waals surface area contributed by atoms with Crippen molar-refractivity contribution in [1.82, 2.24) is 10.2 Å². The highest BCUT2D eigenvalue weighted by Gasteiger charge is 2.39. The fraction of sp³-hybridized carbons (Fsp3) is 0.562. The van der Waals surface area contributed by atoms with Gasteiger partial charge in [0.2, 0.25) is 0 Å². The predicted octanol–water partition coefficient (Wildman–Crippen LogP) is 1.50. The van der Waals surface area contributed by atoms with Crippen LogP contribution in [0.4, 0.5) is 0 Å². The molecule has 1 saturated heterocycles. The van der Waals surface area contributed by atoms with Crippen molar-refractivity contribution in [2.75, 3.05) is 6.54 Å². The van der Waals surface area contributed by atoms with Crippen LogP contribution in [-0.2, 0) is 6.54 Å². The summed E-state index contributed by atoms with van der Waals surface area (Å²) >= 11 is 0. The highest BCUT2D eigenvalue weighted by molar-refractivity contribution is 5.94. The number of hydrogen-bond donors (Lipinski definition) is 2. The number of nitrogens with zero attached hydrogens (tertiary/aromatic N) is 1. The molecule has 0 bridgehead atoms. The third-order valence-electron chi connectivity index (χ3n) is 4.43. The Hall–Kier alpha value is -1.39. The molecule has 1 aromatic carbocycles. The van der Waals surface area contributed by atoms with E-state index in [2.05, 4.69) is 17.1 Å². The van der Waals surface area contributed by atoms with E-state index in [-0.39, 0.29) is 11.9 Å². The van der Waals surface area contributed by atoms with Gasteiger partial charge in [-0.25, -0.2) is 0 Å². The molecule has 20 heavy (non-hydrogen) atoms. The lowest BCUT2D eigenvalue weighted by Crippen LogP contribution is -2.37. The monoisotopic (exact) mass is 273 g/mol. The molecule has 1 saturated carbocycles. The van der Waals surface area contributed by atoms with Crippen LogP contribution in [0.2, 0.25) is 0 Å². The van der Waals surface area contributed by atoms with Gasteiger partial charge in [0.25, 0.3) is 5.91 Å². The van der Waals surface area contributed by atoms with E-state index in [9.17, 15) is 4.79 Å². The second kappa shape index (κ2) is 5.54. The molecular formula is C16H23N3O. The van der Waals surface area contributed by atoms with E-state index in [1.165, 1.54) is 12.8 Å². The Morgan fingerprint density at radius 3 is 2.65 bits per heavy atom. The van der Waals surface area contributed by atoms with Gasteiger partial charge in [-0.1, -0.05) is 12.1 Å². The van der Waals surface area contributed by atoms with Gasteiger partial charge in [-0.2, -0.15) is 0 Å². The lowest BCUT2D eigenvalue weighted by molar-refractivity contribution is 0.0937. The molecule has 2 atom stereocenters. The normalized spacial score (nSPS) is 26.7. The largest absolute Gasteiger partial charge is 0.348 e. The van der Waals surface area contributed by atoms with Gasteiger partial charge in [-0.15, -0.1) is 0 Å². The van der Waals surface area contributed by atoms with E-state index in [1.54, 1.807) is 0 Å². The molecule has 3 N–H and O–H groups in total. The SMILES string of the molecule is C[C@H]1C[C@H](NC(=O)c2ccc(CN)cc2)CN1C1CC1. The average Bonchev–Trinajstić information content (AvgIpc) is 3.23. The molecule has 2 aliphatic rings. The summed E-state index contributed by atoms with van der Waals surface area (Å²) in [4.78, 5) is 14.8. The molecule has 1 aliphatic heterocycles. The van der Waals surface area contributed by atoms with E-state index in [1.807, 2.05) is 24.3 Å². The van der Waals surface area contributed by atoms with E-state index < -0.39 is 0 Å². The van der Waals surface area contributed by atoms with Crippen LogP contribution in [-0.4, -0.2) is 35.5 Å². The number of nitrogens with one attached hydrogen (secondary N) is 1. The lowest BCUT2D eigenvalue weighted by Gasteiger charge is -2.19. The lowest BCUT2D eigenvalue weighted by atomic mass is 10.1. The summed E-state index contributed by atoms with van der Waals surface area (Å²) < 4.78 is 0. The first kappa shape index (κ1) is 13.6. The molecule has 1 aromatic rings. The van der Waals surface area contributed by atoms with E-state index in [0.29, 0.717) is 12.6 Å². The van der Waals surface area contributed by atoms with Crippen LogP contribution >= 0.6 is 0 Å². The number of rotatable bonds is 4. The standard InChI is InChI=1S/C16H23N3O/c1-11-8-14(10-19(11)15-6-7-15)18-16(20)13-4-2-12(9-17)3-5-13/h2-5,11,14-15H,6-10,17H2,1H3,(H,18,20)/t11-,14-/m0/s1. The average molecular weight is 273 g/mol. The van der Waals surface area contributed by atoms with E-state index >= 15 is 0 Å². The van der Waals surface area contributed by atoms with Crippen molar-refractivity contribution >= 4 is 5.91 Å². The number of hydrogen-bond acceptors (Lipinski definition) is 3. The van der Waals surface area contributed by atoms with Crippen molar-refractivity contribution in [1.29, 1.82) is 0 Å². The van der Waals surface area contributed by atoms with Crippen molar-refractivity contribution in [2.45, 2.75) is 50.9 Å². The molecule has 4 heteroatoms. The molecule has 0 radical (unpaired) electrons. The van der Waals surface area contributed by atoms with Crippen LogP contribution in [0.1, 0.15) is 42.1 Å². The molecule has 0 unspecified atom stereocenters. The highest BCUT2D eigenvalue weighted by Crippen LogP contribution is 2.33. The molecular weight excluding hydrogens is 250 g/mol. The smallest absolute Gasteiger partial charge is 0.251 e. The van der Waals surface area contributed by atoms with Crippen molar-refractivity contribution in [3.05, 3.63) is 35.4 Å². The van der Waals surface area contributed by atoms with Crippen LogP contribution in [0.25, 0.3) is 0 Å². The maximum absolute atomic E-state index is 12.2. The van der Waals surface area contributed by atoms with Crippen molar-refractivity contribution in [3.8, 4) is 0 Å². The van der Waals surface area contributed by atoms with Gasteiger partial charge in [0, 0.05) is 36.8 Å². The van der Waals surface area contributed by atoms with E-state index in [0.717, 1.165) is 30.1 Å². The highest BCUT2D eigenvalue weighted by atomic mass is 16.1. The Bertz CT molecular complexity index is 481. The molecule has 1 aliphatic carbocycles. The maximum atomic E-state index is 12.2. The molecule has 0 spiro atoms. The fourth-order valence-corrected chi connectivity index (χ4v) is 3.14. The van der Waals surface area contributed by atoms with Gasteiger partial charge in [0.05, 0.1) is 0 Å². The van der Waals surface area contributed by atoms with Crippen LogP contribution in [0.3, 0.4) is 0 Å². The van der Waals surface area contributed by atoms with Crippen LogP contribution in [0.15, 0.2) is 24.3 Å². The van der Waals surface area contributed by atoms with Gasteiger partial charge >= 0.3 is 0 Å². The Morgan fingerprint density at radius 2 is 2.05 bits per heavy atom. The Balaban J connectivity index is 1.58. The number of carbonyl (C=O) groups is 1. The third-order valence-corrected chi connectivity index (χ3v) is 4.43. The third kappa shape index (κ3) is 2.86. The molecule has 3 rings (SSSR count). The molecule has 4 nitrogen and oxygen atoms in total. The Kier molecular flexibility index (Phi) is 3.76. The number of amides is 1. The zero-order valence-corrected chi connectivity index (χ0v) is 12.0. The zero-order valence-electron chi connectivity index (χ0n) is 12.0. The second-order valence-corrected chi connectivity index (χ2v) is 6.08. The summed E-state index contributed by atoms with van der Waals surface area (Å²) in [5.74, 6) is 0.0309. The molecule has 0 aromatic heterocycles. The molecule has 108 valence electrons. The summed E-state index contributed by atoms with van der Waals surface area (Å²) in [6.07, 6.45) is 3.71. The predicted molar refractivity (Wildman–Crippen MR) is 79.4 cm³/mol. The molecule has 1 heterocycles. The number of carbonyl (C=O) groups excluding carboxylic acids is 1. The quantitative estimate of drug-likeness (QED) is 0.874. The van der Waals surface area contributed by atoms with Crippen molar-refractivity contribution in [2.24, 2.45) is 5.73 Å². The summed E-state index contributed by atoms with van der Waals surface area (Å²) in [5, 5.41) is 3.16. The second-order valence-electron chi connectivity index (χ2n) is 6.08. The van der Waals surface area contributed by atoms with Gasteiger partial charge in [-0.05, 0) is 43.9 Å². The fourth-order valence-electron chi connectivity index (χ4n) is 3.14. The van der Waals surface area contributed by atoms with Gasteiger partial charge in [0.1, 0.15) is 0 Å². The zero-order chi connectivity index (χ0) is 14.1. The molecule has 1 amide bonds. The minimum atomic E-state index is 0.0309. The first-order valence-corrected chi connectivity index (χ1v) is 7.53. The minimum absolute atomic E-state index is 0.0309.